The summed E-state index contributed by atoms with van der Waals surface area (Å²) in [4.78, 5) is 18.7. The van der Waals surface area contributed by atoms with Crippen molar-refractivity contribution in [2.75, 3.05) is 13.1 Å². The zero-order valence-electron chi connectivity index (χ0n) is 14.9. The second-order valence-corrected chi connectivity index (χ2v) is 7.52. The molecule has 1 aromatic carbocycles. The Morgan fingerprint density at radius 2 is 1.93 bits per heavy atom. The van der Waals surface area contributed by atoms with E-state index in [1.807, 2.05) is 4.90 Å². The smallest absolute Gasteiger partial charge is 0.266 e. The standard InChI is InChI=1S/C20H17F3N4O/c21-16-2-1-11(4-15(16)20(22)23)12-5-18-17(24-6-12)7-25-27(18)10-19(28)26-8-13-3-14(13)9-26/h1-2,4-7,13-14,20H,3,8-10H2. The summed E-state index contributed by atoms with van der Waals surface area (Å²) in [6.07, 6.45) is 1.43. The maximum Gasteiger partial charge on any atom is 0.266 e. The van der Waals surface area contributed by atoms with Gasteiger partial charge in [0.1, 0.15) is 17.9 Å². The van der Waals surface area contributed by atoms with Gasteiger partial charge in [0.2, 0.25) is 5.91 Å². The molecular weight excluding hydrogens is 369 g/mol. The zero-order chi connectivity index (χ0) is 19.4. The number of rotatable bonds is 4. The van der Waals surface area contributed by atoms with E-state index >= 15 is 0 Å². The van der Waals surface area contributed by atoms with Gasteiger partial charge in [0.15, 0.2) is 0 Å². The Morgan fingerprint density at radius 1 is 1.14 bits per heavy atom. The molecule has 1 aliphatic carbocycles. The van der Waals surface area contributed by atoms with Crippen molar-refractivity contribution in [3.05, 3.63) is 48.0 Å². The van der Waals surface area contributed by atoms with Gasteiger partial charge in [-0.15, -0.1) is 0 Å². The number of likely N-dealkylation sites (tertiary alicyclic amines) is 1. The Balaban J connectivity index is 1.45. The van der Waals surface area contributed by atoms with Crippen molar-refractivity contribution in [3.63, 3.8) is 0 Å². The van der Waals surface area contributed by atoms with Crippen molar-refractivity contribution in [1.29, 1.82) is 0 Å². The van der Waals surface area contributed by atoms with E-state index in [4.69, 9.17) is 0 Å². The molecule has 3 aromatic rings. The number of nitrogens with zero attached hydrogens (tertiary/aromatic N) is 4. The second-order valence-electron chi connectivity index (χ2n) is 7.52. The number of fused-ring (bicyclic) bond motifs is 2. The summed E-state index contributed by atoms with van der Waals surface area (Å²) >= 11 is 0. The van der Waals surface area contributed by atoms with Crippen molar-refractivity contribution in [3.8, 4) is 11.1 Å². The van der Waals surface area contributed by atoms with Crippen molar-refractivity contribution in [2.45, 2.75) is 19.4 Å². The Bertz CT molecular complexity index is 1070. The topological polar surface area (TPSA) is 51.0 Å². The third-order valence-electron chi connectivity index (χ3n) is 5.68. The van der Waals surface area contributed by atoms with E-state index < -0.39 is 17.8 Å². The number of aromatic nitrogens is 3. The summed E-state index contributed by atoms with van der Waals surface area (Å²) in [7, 11) is 0. The van der Waals surface area contributed by atoms with Gasteiger partial charge in [0, 0.05) is 24.8 Å². The number of carbonyl (C=O) groups is 1. The fourth-order valence-corrected chi connectivity index (χ4v) is 3.96. The van der Waals surface area contributed by atoms with E-state index in [1.165, 1.54) is 18.7 Å². The lowest BCUT2D eigenvalue weighted by atomic mass is 10.0. The van der Waals surface area contributed by atoms with Gasteiger partial charge in [-0.3, -0.25) is 14.5 Å². The lowest BCUT2D eigenvalue weighted by molar-refractivity contribution is -0.131. The van der Waals surface area contributed by atoms with E-state index in [-0.39, 0.29) is 12.5 Å². The molecule has 0 N–H and O–H groups in total. The predicted octanol–water partition coefficient (Wildman–Crippen LogP) is 3.65. The highest BCUT2D eigenvalue weighted by Gasteiger charge is 2.46. The van der Waals surface area contributed by atoms with E-state index in [0.717, 1.165) is 25.2 Å². The van der Waals surface area contributed by atoms with Crippen LogP contribution in [-0.4, -0.2) is 38.7 Å². The lowest BCUT2D eigenvalue weighted by Gasteiger charge is -2.18. The van der Waals surface area contributed by atoms with Crippen molar-refractivity contribution >= 4 is 16.9 Å². The molecule has 1 amide bonds. The summed E-state index contributed by atoms with van der Waals surface area (Å²) in [5.74, 6) is 0.402. The third-order valence-corrected chi connectivity index (χ3v) is 5.68. The average molecular weight is 386 g/mol. The number of amides is 1. The Hall–Kier alpha value is -2.90. The average Bonchev–Trinajstić information content (AvgIpc) is 3.10. The molecule has 3 heterocycles. The van der Waals surface area contributed by atoms with Gasteiger partial charge in [-0.25, -0.2) is 13.2 Å². The van der Waals surface area contributed by atoms with Crippen LogP contribution in [0.3, 0.4) is 0 Å². The van der Waals surface area contributed by atoms with Gasteiger partial charge in [-0.1, -0.05) is 6.07 Å². The normalized spacial score (nSPS) is 20.8. The summed E-state index contributed by atoms with van der Waals surface area (Å²) in [5, 5.41) is 4.26. The minimum Gasteiger partial charge on any atom is -0.341 e. The molecule has 8 heteroatoms. The Kier molecular flexibility index (Phi) is 3.89. The third kappa shape index (κ3) is 2.93. The van der Waals surface area contributed by atoms with Crippen LogP contribution in [0.1, 0.15) is 18.4 Å². The van der Waals surface area contributed by atoms with Gasteiger partial charge < -0.3 is 4.90 Å². The Morgan fingerprint density at radius 3 is 2.68 bits per heavy atom. The van der Waals surface area contributed by atoms with E-state index in [0.29, 0.717) is 34.0 Å². The molecule has 28 heavy (non-hydrogen) atoms. The maximum absolute atomic E-state index is 13.6. The van der Waals surface area contributed by atoms with E-state index in [9.17, 15) is 18.0 Å². The highest BCUT2D eigenvalue weighted by molar-refractivity contribution is 5.83. The molecule has 144 valence electrons. The summed E-state index contributed by atoms with van der Waals surface area (Å²) in [6, 6.07) is 5.34. The lowest BCUT2D eigenvalue weighted by Crippen LogP contribution is -2.33. The number of benzene rings is 1. The number of pyridine rings is 1. The van der Waals surface area contributed by atoms with Crippen LogP contribution in [0.25, 0.3) is 22.2 Å². The van der Waals surface area contributed by atoms with Crippen molar-refractivity contribution < 1.29 is 18.0 Å². The molecule has 2 atom stereocenters. The van der Waals surface area contributed by atoms with Crippen LogP contribution in [-0.2, 0) is 11.3 Å². The number of halogens is 3. The van der Waals surface area contributed by atoms with Crippen LogP contribution in [0.5, 0.6) is 0 Å². The largest absolute Gasteiger partial charge is 0.341 e. The van der Waals surface area contributed by atoms with Crippen molar-refractivity contribution in [2.24, 2.45) is 11.8 Å². The number of hydrogen-bond donors (Lipinski definition) is 0. The first-order valence-electron chi connectivity index (χ1n) is 9.17. The molecule has 5 nitrogen and oxygen atoms in total. The molecule has 0 spiro atoms. The minimum atomic E-state index is -2.90. The van der Waals surface area contributed by atoms with Gasteiger partial charge in [0.05, 0.1) is 17.3 Å². The molecule has 2 fully saturated rings. The first-order chi connectivity index (χ1) is 13.5. The van der Waals surface area contributed by atoms with E-state index in [1.54, 1.807) is 16.9 Å². The van der Waals surface area contributed by atoms with Gasteiger partial charge in [-0.05, 0) is 42.0 Å². The fraction of sp³-hybridized carbons (Fsp3) is 0.350. The molecular formula is C20H17F3N4O. The highest BCUT2D eigenvalue weighted by atomic mass is 19.3. The van der Waals surface area contributed by atoms with Crippen LogP contribution in [0, 0.1) is 17.7 Å². The van der Waals surface area contributed by atoms with E-state index in [2.05, 4.69) is 10.1 Å². The van der Waals surface area contributed by atoms with Crippen LogP contribution in [0.4, 0.5) is 13.2 Å². The summed E-state index contributed by atoms with van der Waals surface area (Å²) < 4.78 is 41.2. The van der Waals surface area contributed by atoms with Crippen LogP contribution in [0.2, 0.25) is 0 Å². The molecule has 2 unspecified atom stereocenters. The Labute approximate surface area is 158 Å². The molecule has 1 saturated carbocycles. The molecule has 1 aliphatic heterocycles. The predicted molar refractivity (Wildman–Crippen MR) is 96.1 cm³/mol. The number of alkyl halides is 2. The summed E-state index contributed by atoms with van der Waals surface area (Å²) in [6.45, 7) is 1.75. The molecule has 0 bridgehead atoms. The zero-order valence-corrected chi connectivity index (χ0v) is 14.9. The molecule has 2 aliphatic rings. The summed E-state index contributed by atoms with van der Waals surface area (Å²) in [5.41, 5.74) is 1.60. The van der Waals surface area contributed by atoms with Gasteiger partial charge in [-0.2, -0.15) is 5.10 Å². The monoisotopic (exact) mass is 386 g/mol. The second kappa shape index (κ2) is 6.32. The molecule has 2 aromatic heterocycles. The van der Waals surface area contributed by atoms with Gasteiger partial charge in [0.25, 0.3) is 6.43 Å². The highest BCUT2D eigenvalue weighted by Crippen LogP contribution is 2.44. The number of carbonyl (C=O) groups excluding carboxylic acids is 1. The molecule has 5 rings (SSSR count). The molecule has 1 saturated heterocycles. The SMILES string of the molecule is O=C(Cn1ncc2ncc(-c3ccc(F)c(C(F)F)c3)cc21)N1CC2CC2C1. The van der Waals surface area contributed by atoms with Crippen molar-refractivity contribution in [1.82, 2.24) is 19.7 Å². The first kappa shape index (κ1) is 17.2. The number of piperidine rings is 1. The van der Waals surface area contributed by atoms with Gasteiger partial charge >= 0.3 is 0 Å². The van der Waals surface area contributed by atoms with Crippen LogP contribution in [0.15, 0.2) is 36.7 Å². The maximum atomic E-state index is 13.6. The fourth-order valence-electron chi connectivity index (χ4n) is 3.96. The molecule has 0 radical (unpaired) electrons. The minimum absolute atomic E-state index is 0.0179. The quantitative estimate of drug-likeness (QED) is 0.688. The van der Waals surface area contributed by atoms with Crippen LogP contribution < -0.4 is 0 Å². The first-order valence-corrected chi connectivity index (χ1v) is 9.17. The number of hydrogen-bond acceptors (Lipinski definition) is 3. The van der Waals surface area contributed by atoms with Crippen LogP contribution >= 0.6 is 0 Å².